The first-order chi connectivity index (χ1) is 10.2. The van der Waals surface area contributed by atoms with Crippen molar-refractivity contribution in [3.8, 4) is 0 Å². The molecule has 2 unspecified atom stereocenters. The van der Waals surface area contributed by atoms with Crippen molar-refractivity contribution in [2.24, 2.45) is 5.92 Å². The van der Waals surface area contributed by atoms with E-state index in [1.165, 1.54) is 0 Å². The van der Waals surface area contributed by atoms with E-state index in [1.54, 1.807) is 17.7 Å². The van der Waals surface area contributed by atoms with Crippen molar-refractivity contribution in [3.05, 3.63) is 17.8 Å². The fourth-order valence-corrected chi connectivity index (χ4v) is 3.59. The first-order valence-corrected chi connectivity index (χ1v) is 7.85. The van der Waals surface area contributed by atoms with Crippen molar-refractivity contribution < 1.29 is 14.6 Å². The highest BCUT2D eigenvalue weighted by molar-refractivity contribution is 7.17. The van der Waals surface area contributed by atoms with Crippen LogP contribution in [0.2, 0.25) is 0 Å². The number of nitrogens with zero attached hydrogens (tertiary/aromatic N) is 3. The number of aromatic nitrogens is 2. The molecule has 0 amide bonds. The molecule has 2 aromatic heterocycles. The second-order valence-electron chi connectivity index (χ2n) is 5.08. The maximum atomic E-state index is 11.4. The summed E-state index contributed by atoms with van der Waals surface area (Å²) in [5.41, 5.74) is 0.900. The molecule has 0 spiro atoms. The SMILES string of the molecule is CCCN(c1ncnc2ccsc12)C1COCC1C(=O)O. The number of carboxylic acids is 1. The molecule has 0 aromatic carbocycles. The number of fused-ring (bicyclic) bond motifs is 1. The van der Waals surface area contributed by atoms with Gasteiger partial charge in [0.05, 0.1) is 29.5 Å². The van der Waals surface area contributed by atoms with Gasteiger partial charge in [-0.15, -0.1) is 11.3 Å². The number of ether oxygens (including phenoxy) is 1. The first kappa shape index (κ1) is 14.2. The molecule has 0 saturated carbocycles. The van der Waals surface area contributed by atoms with Gasteiger partial charge in [0, 0.05) is 6.54 Å². The van der Waals surface area contributed by atoms with E-state index in [9.17, 15) is 9.90 Å². The van der Waals surface area contributed by atoms with Gasteiger partial charge in [0.25, 0.3) is 0 Å². The number of thiophene rings is 1. The third-order valence-corrected chi connectivity index (χ3v) is 4.63. The van der Waals surface area contributed by atoms with Crippen LogP contribution in [0.25, 0.3) is 10.2 Å². The Labute approximate surface area is 126 Å². The summed E-state index contributed by atoms with van der Waals surface area (Å²) in [4.78, 5) is 22.2. The van der Waals surface area contributed by atoms with Crippen molar-refractivity contribution in [2.45, 2.75) is 19.4 Å². The van der Waals surface area contributed by atoms with Crippen LogP contribution >= 0.6 is 11.3 Å². The highest BCUT2D eigenvalue weighted by atomic mass is 32.1. The molecule has 1 aliphatic heterocycles. The average Bonchev–Trinajstić information content (AvgIpc) is 3.12. The van der Waals surface area contributed by atoms with Gasteiger partial charge in [-0.1, -0.05) is 6.92 Å². The second kappa shape index (κ2) is 5.95. The van der Waals surface area contributed by atoms with E-state index in [2.05, 4.69) is 21.8 Å². The zero-order valence-corrected chi connectivity index (χ0v) is 12.5. The molecule has 21 heavy (non-hydrogen) atoms. The van der Waals surface area contributed by atoms with Crippen LogP contribution in [0.4, 0.5) is 5.82 Å². The van der Waals surface area contributed by atoms with E-state index >= 15 is 0 Å². The topological polar surface area (TPSA) is 75.5 Å². The Hall–Kier alpha value is -1.73. The lowest BCUT2D eigenvalue weighted by Gasteiger charge is -2.31. The molecule has 3 rings (SSSR count). The summed E-state index contributed by atoms with van der Waals surface area (Å²) in [6, 6.07) is 1.78. The largest absolute Gasteiger partial charge is 0.481 e. The fraction of sp³-hybridized carbons (Fsp3) is 0.500. The summed E-state index contributed by atoms with van der Waals surface area (Å²) in [6.07, 6.45) is 2.46. The first-order valence-electron chi connectivity index (χ1n) is 6.97. The number of hydrogen-bond donors (Lipinski definition) is 1. The van der Waals surface area contributed by atoms with Crippen molar-refractivity contribution in [3.63, 3.8) is 0 Å². The summed E-state index contributed by atoms with van der Waals surface area (Å²) < 4.78 is 6.41. The maximum Gasteiger partial charge on any atom is 0.311 e. The monoisotopic (exact) mass is 307 g/mol. The van der Waals surface area contributed by atoms with E-state index in [1.807, 2.05) is 11.4 Å². The molecule has 2 atom stereocenters. The van der Waals surface area contributed by atoms with E-state index in [0.717, 1.165) is 29.0 Å². The predicted molar refractivity (Wildman–Crippen MR) is 80.8 cm³/mol. The van der Waals surface area contributed by atoms with Gasteiger partial charge in [-0.2, -0.15) is 0 Å². The lowest BCUT2D eigenvalue weighted by atomic mass is 10.0. The van der Waals surface area contributed by atoms with E-state index in [0.29, 0.717) is 6.61 Å². The van der Waals surface area contributed by atoms with Crippen molar-refractivity contribution in [2.75, 3.05) is 24.7 Å². The summed E-state index contributed by atoms with van der Waals surface area (Å²) in [5, 5.41) is 11.4. The molecular weight excluding hydrogens is 290 g/mol. The van der Waals surface area contributed by atoms with Crippen LogP contribution < -0.4 is 4.90 Å². The zero-order chi connectivity index (χ0) is 14.8. The van der Waals surface area contributed by atoms with Crippen molar-refractivity contribution in [1.29, 1.82) is 0 Å². The van der Waals surface area contributed by atoms with Crippen molar-refractivity contribution >= 4 is 33.3 Å². The molecule has 1 fully saturated rings. The van der Waals surface area contributed by atoms with Crippen LogP contribution in [0, 0.1) is 5.92 Å². The Bertz CT molecular complexity index is 645. The maximum absolute atomic E-state index is 11.4. The number of aliphatic carboxylic acids is 1. The summed E-state index contributed by atoms with van der Waals surface area (Å²) in [5.74, 6) is -0.504. The highest BCUT2D eigenvalue weighted by Gasteiger charge is 2.39. The summed E-state index contributed by atoms with van der Waals surface area (Å²) in [6.45, 7) is 3.51. The quantitative estimate of drug-likeness (QED) is 0.910. The predicted octanol–water partition coefficient (Wildman–Crippen LogP) is 2.01. The molecule has 1 N–H and O–H groups in total. The van der Waals surface area contributed by atoms with Crippen LogP contribution in [-0.2, 0) is 9.53 Å². The van der Waals surface area contributed by atoms with Crippen molar-refractivity contribution in [1.82, 2.24) is 9.97 Å². The smallest absolute Gasteiger partial charge is 0.311 e. The molecule has 2 aromatic rings. The van der Waals surface area contributed by atoms with Crippen LogP contribution in [0.1, 0.15) is 13.3 Å². The third kappa shape index (κ3) is 2.58. The van der Waals surface area contributed by atoms with Gasteiger partial charge in [-0.05, 0) is 17.9 Å². The number of carbonyl (C=O) groups is 1. The Morgan fingerprint density at radius 3 is 3.14 bits per heavy atom. The molecule has 112 valence electrons. The van der Waals surface area contributed by atoms with Crippen LogP contribution in [0.15, 0.2) is 17.8 Å². The second-order valence-corrected chi connectivity index (χ2v) is 5.99. The minimum atomic E-state index is -0.810. The minimum absolute atomic E-state index is 0.178. The molecule has 6 nitrogen and oxygen atoms in total. The molecular formula is C14H17N3O3S. The Kier molecular flexibility index (Phi) is 4.03. The van der Waals surface area contributed by atoms with Gasteiger partial charge in [-0.3, -0.25) is 4.79 Å². The third-order valence-electron chi connectivity index (χ3n) is 3.73. The molecule has 1 saturated heterocycles. The van der Waals surface area contributed by atoms with Gasteiger partial charge in [0.1, 0.15) is 18.1 Å². The summed E-state index contributed by atoms with van der Waals surface area (Å²) >= 11 is 1.58. The number of rotatable bonds is 5. The number of carboxylic acid groups (broad SMARTS) is 1. The number of anilines is 1. The van der Waals surface area contributed by atoms with E-state index < -0.39 is 11.9 Å². The molecule has 3 heterocycles. The van der Waals surface area contributed by atoms with E-state index in [4.69, 9.17) is 4.74 Å². The minimum Gasteiger partial charge on any atom is -0.481 e. The molecule has 0 aliphatic carbocycles. The van der Waals surface area contributed by atoms with Gasteiger partial charge < -0.3 is 14.7 Å². The Morgan fingerprint density at radius 2 is 2.38 bits per heavy atom. The fourth-order valence-electron chi connectivity index (χ4n) is 2.74. The van der Waals surface area contributed by atoms with Gasteiger partial charge in [0.2, 0.25) is 0 Å². The molecule has 0 bridgehead atoms. The summed E-state index contributed by atoms with van der Waals surface area (Å²) in [7, 11) is 0. The van der Waals surface area contributed by atoms with Crippen LogP contribution in [0.5, 0.6) is 0 Å². The van der Waals surface area contributed by atoms with Gasteiger partial charge in [0.15, 0.2) is 0 Å². The van der Waals surface area contributed by atoms with Gasteiger partial charge >= 0.3 is 5.97 Å². The Morgan fingerprint density at radius 1 is 1.52 bits per heavy atom. The molecule has 7 heteroatoms. The van der Waals surface area contributed by atoms with E-state index in [-0.39, 0.29) is 12.6 Å². The van der Waals surface area contributed by atoms with Crippen LogP contribution in [-0.4, -0.2) is 46.8 Å². The molecule has 0 radical (unpaired) electrons. The molecule has 1 aliphatic rings. The highest BCUT2D eigenvalue weighted by Crippen LogP contribution is 2.32. The standard InChI is InChI=1S/C14H17N3O3S/c1-2-4-17(11-7-20-6-9(11)14(18)19)13-12-10(3-5-21-12)15-8-16-13/h3,5,8-9,11H,2,4,6-7H2,1H3,(H,18,19). The number of hydrogen-bond acceptors (Lipinski definition) is 6. The van der Waals surface area contributed by atoms with Crippen LogP contribution in [0.3, 0.4) is 0 Å². The Balaban J connectivity index is 2.01. The normalized spacial score (nSPS) is 21.8. The lowest BCUT2D eigenvalue weighted by Crippen LogP contribution is -2.44. The average molecular weight is 307 g/mol. The lowest BCUT2D eigenvalue weighted by molar-refractivity contribution is -0.141. The zero-order valence-electron chi connectivity index (χ0n) is 11.7. The van der Waals surface area contributed by atoms with Gasteiger partial charge in [-0.25, -0.2) is 9.97 Å².